The van der Waals surface area contributed by atoms with E-state index < -0.39 is 36.0 Å². The predicted molar refractivity (Wildman–Crippen MR) is 109 cm³/mol. The van der Waals surface area contributed by atoms with E-state index in [1.807, 2.05) is 0 Å². The number of aromatic nitrogens is 2. The highest BCUT2D eigenvalue weighted by atomic mass is 19.4. The fourth-order valence-electron chi connectivity index (χ4n) is 3.20. The molecule has 2 heterocycles. The average Bonchev–Trinajstić information content (AvgIpc) is 3.22. The number of aliphatic hydroxyl groups is 1. The van der Waals surface area contributed by atoms with Gasteiger partial charge in [-0.3, -0.25) is 15.0 Å². The van der Waals surface area contributed by atoms with Crippen molar-refractivity contribution in [3.8, 4) is 11.3 Å². The number of nitrogens with two attached hydrogens (primary N) is 1. The lowest BCUT2D eigenvalue weighted by Gasteiger charge is -2.22. The van der Waals surface area contributed by atoms with Crippen molar-refractivity contribution in [3.05, 3.63) is 47.9 Å². The van der Waals surface area contributed by atoms with Crippen LogP contribution in [0.4, 0.5) is 18.0 Å². The van der Waals surface area contributed by atoms with Crippen LogP contribution in [0.1, 0.15) is 30.1 Å². The number of carbonyl (C=O) groups is 1. The van der Waals surface area contributed by atoms with Crippen molar-refractivity contribution < 1.29 is 27.8 Å². The van der Waals surface area contributed by atoms with Crippen molar-refractivity contribution in [1.82, 2.24) is 20.6 Å². The zero-order valence-electron chi connectivity index (χ0n) is 17.1. The first-order valence-corrected chi connectivity index (χ1v) is 9.77. The van der Waals surface area contributed by atoms with Crippen molar-refractivity contribution in [3.63, 3.8) is 0 Å². The maximum atomic E-state index is 13.0. The molecule has 5 N–H and O–H groups in total. The quantitative estimate of drug-likeness (QED) is 0.373. The summed E-state index contributed by atoms with van der Waals surface area (Å²) in [5, 5.41) is 15.8. The van der Waals surface area contributed by atoms with Crippen LogP contribution in [0.5, 0.6) is 0 Å². The van der Waals surface area contributed by atoms with Gasteiger partial charge in [0.15, 0.2) is 5.96 Å². The molecule has 0 aliphatic carbocycles. The Morgan fingerprint density at radius 2 is 2.16 bits per heavy atom. The van der Waals surface area contributed by atoms with Crippen LogP contribution in [0, 0.1) is 0 Å². The van der Waals surface area contributed by atoms with Gasteiger partial charge in [0.05, 0.1) is 47.5 Å². The number of hydrogen-bond acceptors (Lipinski definition) is 6. The van der Waals surface area contributed by atoms with Gasteiger partial charge in [0.1, 0.15) is 6.61 Å². The molecule has 0 radical (unpaired) electrons. The Bertz CT molecular complexity index is 968. The number of hydrogen-bond donors (Lipinski definition) is 4. The average molecular weight is 452 g/mol. The lowest BCUT2D eigenvalue weighted by atomic mass is 10.0. The van der Waals surface area contributed by atoms with Crippen LogP contribution in [-0.2, 0) is 10.9 Å². The molecule has 1 amide bonds. The molecule has 0 spiro atoms. The second-order valence-electron chi connectivity index (χ2n) is 7.20. The minimum Gasteiger partial charge on any atom is -0.447 e. The smallest absolute Gasteiger partial charge is 0.416 e. The van der Waals surface area contributed by atoms with Gasteiger partial charge in [-0.1, -0.05) is 12.1 Å². The van der Waals surface area contributed by atoms with Gasteiger partial charge in [0, 0.05) is 12.6 Å². The molecule has 0 saturated carbocycles. The number of alkyl carbamates (subject to hydrolysis) is 1. The van der Waals surface area contributed by atoms with Crippen LogP contribution < -0.4 is 16.4 Å². The lowest BCUT2D eigenvalue weighted by Crippen LogP contribution is -2.40. The number of nitrogens with zero attached hydrogens (tertiary/aromatic N) is 3. The summed E-state index contributed by atoms with van der Waals surface area (Å²) in [6.45, 7) is 0.0716. The number of guanidine groups is 1. The number of rotatable bonds is 7. The number of nitrogens with one attached hydrogen (secondary N) is 2. The summed E-state index contributed by atoms with van der Waals surface area (Å²) in [6.07, 6.45) is -2.45. The van der Waals surface area contributed by atoms with Gasteiger partial charge in [0.25, 0.3) is 0 Å². The number of cyclic esters (lactones) is 1. The summed E-state index contributed by atoms with van der Waals surface area (Å²) in [7, 11) is 1.50. The Labute approximate surface area is 181 Å². The topological polar surface area (TPSA) is 135 Å². The fraction of sp³-hybridized carbons (Fsp3) is 0.400. The van der Waals surface area contributed by atoms with Gasteiger partial charge in [0.2, 0.25) is 0 Å². The first kappa shape index (κ1) is 23.3. The Balaban J connectivity index is 1.74. The highest BCUT2D eigenvalue weighted by Gasteiger charge is 2.31. The van der Waals surface area contributed by atoms with Gasteiger partial charge in [-0.05, 0) is 25.0 Å². The summed E-state index contributed by atoms with van der Waals surface area (Å²) >= 11 is 0. The molecular weight excluding hydrogens is 429 g/mol. The van der Waals surface area contributed by atoms with E-state index in [4.69, 9.17) is 10.5 Å². The summed E-state index contributed by atoms with van der Waals surface area (Å²) in [5.41, 5.74) is 6.03. The third-order valence-electron chi connectivity index (χ3n) is 4.99. The number of alkyl halides is 3. The first-order chi connectivity index (χ1) is 15.2. The van der Waals surface area contributed by atoms with Crippen LogP contribution in [0.3, 0.4) is 0 Å². The van der Waals surface area contributed by atoms with E-state index in [0.29, 0.717) is 12.1 Å². The number of benzene rings is 1. The van der Waals surface area contributed by atoms with E-state index in [0.717, 1.165) is 12.1 Å². The van der Waals surface area contributed by atoms with E-state index >= 15 is 0 Å². The summed E-state index contributed by atoms with van der Waals surface area (Å²) in [4.78, 5) is 23.6. The second kappa shape index (κ2) is 9.81. The van der Waals surface area contributed by atoms with Gasteiger partial charge in [-0.15, -0.1) is 0 Å². The molecule has 2 aromatic rings. The van der Waals surface area contributed by atoms with E-state index in [-0.39, 0.29) is 30.2 Å². The molecule has 1 aliphatic heterocycles. The second-order valence-corrected chi connectivity index (χ2v) is 7.20. The Hall–Kier alpha value is -3.41. The molecular formula is C20H23F3N6O3. The molecule has 9 nitrogen and oxygen atoms in total. The molecule has 1 aromatic heterocycles. The molecule has 1 aliphatic rings. The zero-order chi connectivity index (χ0) is 23.3. The summed E-state index contributed by atoms with van der Waals surface area (Å²) in [5.74, 6) is 0.144. The summed E-state index contributed by atoms with van der Waals surface area (Å²) in [6, 6.07) is 3.83. The van der Waals surface area contributed by atoms with Crippen molar-refractivity contribution >= 4 is 12.1 Å². The van der Waals surface area contributed by atoms with Crippen LogP contribution in [0.2, 0.25) is 0 Å². The lowest BCUT2D eigenvalue weighted by molar-refractivity contribution is -0.137. The molecule has 0 bridgehead atoms. The maximum Gasteiger partial charge on any atom is 0.416 e. The minimum atomic E-state index is -4.46. The normalized spacial score (nSPS) is 18.6. The van der Waals surface area contributed by atoms with Crippen molar-refractivity contribution in [2.24, 2.45) is 10.7 Å². The molecule has 3 rings (SSSR count). The molecule has 0 unspecified atom stereocenters. The van der Waals surface area contributed by atoms with Crippen LogP contribution in [-0.4, -0.2) is 52.9 Å². The molecule has 1 saturated heterocycles. The predicted octanol–water partition coefficient (Wildman–Crippen LogP) is 1.99. The van der Waals surface area contributed by atoms with E-state index in [1.165, 1.54) is 31.6 Å². The molecule has 1 aromatic carbocycles. The van der Waals surface area contributed by atoms with Crippen molar-refractivity contribution in [2.75, 3.05) is 13.7 Å². The molecule has 1 fully saturated rings. The largest absolute Gasteiger partial charge is 0.447 e. The number of aliphatic imine (C=N–C) groups is 1. The SMILES string of the molecule is CN=C(N)N[C@H](CC[C@@H](O)[C@H]1COC(=O)N1)c1cnc(-c2cccc(C(F)(F)F)c2)cn1. The Morgan fingerprint density at radius 3 is 2.75 bits per heavy atom. The zero-order valence-corrected chi connectivity index (χ0v) is 17.1. The third-order valence-corrected chi connectivity index (χ3v) is 4.99. The minimum absolute atomic E-state index is 0.0716. The van der Waals surface area contributed by atoms with E-state index in [2.05, 4.69) is 25.6 Å². The first-order valence-electron chi connectivity index (χ1n) is 9.77. The highest BCUT2D eigenvalue weighted by Crippen LogP contribution is 2.31. The standard InChI is InChI=1S/C20H23F3N6O3/c1-25-18(24)28-13(5-6-17(30)16-10-32-19(31)29-16)15-9-26-14(8-27-15)11-3-2-4-12(7-11)20(21,22)23/h2-4,7-9,13,16-17,30H,5-6,10H2,1H3,(H,29,31)(H3,24,25,28)/t13-,16-,17-/m1/s1. The number of carbonyl (C=O) groups excluding carboxylic acids is 1. The number of amides is 1. The van der Waals surface area contributed by atoms with Crippen molar-refractivity contribution in [1.29, 1.82) is 0 Å². The third kappa shape index (κ3) is 5.84. The monoisotopic (exact) mass is 452 g/mol. The van der Waals surface area contributed by atoms with E-state index in [1.54, 1.807) is 0 Å². The Morgan fingerprint density at radius 1 is 1.38 bits per heavy atom. The number of ether oxygens (including phenoxy) is 1. The van der Waals surface area contributed by atoms with Crippen LogP contribution in [0.25, 0.3) is 11.3 Å². The number of aliphatic hydroxyl groups excluding tert-OH is 1. The van der Waals surface area contributed by atoms with Gasteiger partial charge in [-0.25, -0.2) is 4.79 Å². The molecule has 172 valence electrons. The summed E-state index contributed by atoms with van der Waals surface area (Å²) < 4.78 is 43.7. The van der Waals surface area contributed by atoms with Crippen LogP contribution >= 0.6 is 0 Å². The molecule has 32 heavy (non-hydrogen) atoms. The fourth-order valence-corrected chi connectivity index (χ4v) is 3.20. The van der Waals surface area contributed by atoms with Crippen molar-refractivity contribution in [2.45, 2.75) is 37.2 Å². The van der Waals surface area contributed by atoms with Crippen LogP contribution in [0.15, 0.2) is 41.7 Å². The van der Waals surface area contributed by atoms with Gasteiger partial charge in [-0.2, -0.15) is 13.2 Å². The molecule has 3 atom stereocenters. The number of halogens is 3. The van der Waals surface area contributed by atoms with Gasteiger partial charge >= 0.3 is 12.3 Å². The molecule has 12 heteroatoms. The highest BCUT2D eigenvalue weighted by molar-refractivity contribution is 5.78. The van der Waals surface area contributed by atoms with Gasteiger partial charge < -0.3 is 26.2 Å². The Kier molecular flexibility index (Phi) is 7.13. The maximum absolute atomic E-state index is 13.0. The van der Waals surface area contributed by atoms with E-state index in [9.17, 15) is 23.1 Å².